The normalized spacial score (nSPS) is 13.6. The Bertz CT molecular complexity index is 550. The van der Waals surface area contributed by atoms with Crippen molar-refractivity contribution >= 4 is 11.3 Å². The van der Waals surface area contributed by atoms with Crippen LogP contribution in [0.4, 0.5) is 13.2 Å². The predicted octanol–water partition coefficient (Wildman–Crippen LogP) is 2.91. The standard InChI is InChI=1S/C11H10F3N3S/c1-6-7(3-2-4-16-6)9(15)8-5-17-10(18-8)11(12,13)14/h2-5,9H,15H2,1H3. The molecule has 0 radical (unpaired) electrons. The van der Waals surface area contributed by atoms with Crippen molar-refractivity contribution in [3.05, 3.63) is 45.7 Å². The highest BCUT2D eigenvalue weighted by Crippen LogP contribution is 2.35. The van der Waals surface area contributed by atoms with Gasteiger partial charge in [0, 0.05) is 23.0 Å². The zero-order valence-electron chi connectivity index (χ0n) is 9.40. The summed E-state index contributed by atoms with van der Waals surface area (Å²) >= 11 is 0.563. The molecule has 0 amide bonds. The van der Waals surface area contributed by atoms with Crippen LogP contribution in [0, 0.1) is 6.92 Å². The molecule has 0 aliphatic rings. The van der Waals surface area contributed by atoms with Gasteiger partial charge in [-0.1, -0.05) is 6.07 Å². The third-order valence-electron chi connectivity index (χ3n) is 2.46. The number of alkyl halides is 3. The number of rotatable bonds is 2. The topological polar surface area (TPSA) is 51.8 Å². The molecule has 7 heteroatoms. The first-order chi connectivity index (χ1) is 8.39. The maximum Gasteiger partial charge on any atom is 0.443 e. The van der Waals surface area contributed by atoms with E-state index in [4.69, 9.17) is 5.73 Å². The lowest BCUT2D eigenvalue weighted by Gasteiger charge is -2.11. The molecule has 2 N–H and O–H groups in total. The summed E-state index contributed by atoms with van der Waals surface area (Å²) in [7, 11) is 0. The molecule has 0 saturated carbocycles. The summed E-state index contributed by atoms with van der Waals surface area (Å²) in [6.07, 6.45) is -1.64. The lowest BCUT2D eigenvalue weighted by molar-refractivity contribution is -0.137. The minimum Gasteiger partial charge on any atom is -0.320 e. The van der Waals surface area contributed by atoms with Crippen molar-refractivity contribution < 1.29 is 13.2 Å². The van der Waals surface area contributed by atoms with E-state index in [1.807, 2.05) is 0 Å². The Morgan fingerprint density at radius 2 is 2.06 bits per heavy atom. The van der Waals surface area contributed by atoms with Crippen molar-refractivity contribution in [3.63, 3.8) is 0 Å². The number of pyridine rings is 1. The van der Waals surface area contributed by atoms with Gasteiger partial charge >= 0.3 is 6.18 Å². The maximum absolute atomic E-state index is 12.4. The predicted molar refractivity (Wildman–Crippen MR) is 62.1 cm³/mol. The van der Waals surface area contributed by atoms with Gasteiger partial charge in [0.2, 0.25) is 0 Å². The van der Waals surface area contributed by atoms with E-state index in [0.29, 0.717) is 27.5 Å². The molecule has 0 saturated heterocycles. The number of hydrogen-bond acceptors (Lipinski definition) is 4. The molecule has 3 nitrogen and oxygen atoms in total. The Labute approximate surface area is 105 Å². The number of nitrogens with two attached hydrogens (primary N) is 1. The molecule has 96 valence electrons. The van der Waals surface area contributed by atoms with Crippen molar-refractivity contribution in [3.8, 4) is 0 Å². The monoisotopic (exact) mass is 273 g/mol. The largest absolute Gasteiger partial charge is 0.443 e. The van der Waals surface area contributed by atoms with Crippen LogP contribution in [0.1, 0.15) is 27.2 Å². The molecule has 1 atom stereocenters. The lowest BCUT2D eigenvalue weighted by Crippen LogP contribution is -2.12. The summed E-state index contributed by atoms with van der Waals surface area (Å²) in [5.74, 6) is 0. The van der Waals surface area contributed by atoms with Gasteiger partial charge in [0.1, 0.15) is 0 Å². The van der Waals surface area contributed by atoms with Crippen molar-refractivity contribution in [2.45, 2.75) is 19.1 Å². The van der Waals surface area contributed by atoms with Crippen LogP contribution >= 0.6 is 11.3 Å². The summed E-state index contributed by atoms with van der Waals surface area (Å²) in [6, 6.07) is 2.82. The zero-order valence-corrected chi connectivity index (χ0v) is 10.2. The van der Waals surface area contributed by atoms with E-state index in [-0.39, 0.29) is 0 Å². The number of nitrogens with zero attached hydrogens (tertiary/aromatic N) is 2. The minimum atomic E-state index is -4.42. The molecule has 2 rings (SSSR count). The van der Waals surface area contributed by atoms with E-state index in [2.05, 4.69) is 9.97 Å². The zero-order chi connectivity index (χ0) is 13.3. The third kappa shape index (κ3) is 2.51. The van der Waals surface area contributed by atoms with Gasteiger partial charge in [0.25, 0.3) is 0 Å². The Hall–Kier alpha value is -1.47. The van der Waals surface area contributed by atoms with Crippen LogP contribution in [0.5, 0.6) is 0 Å². The van der Waals surface area contributed by atoms with Gasteiger partial charge in [0.05, 0.1) is 6.04 Å². The maximum atomic E-state index is 12.4. The second-order valence-electron chi connectivity index (χ2n) is 3.72. The Morgan fingerprint density at radius 1 is 1.33 bits per heavy atom. The summed E-state index contributed by atoms with van der Waals surface area (Å²) in [4.78, 5) is 7.79. The summed E-state index contributed by atoms with van der Waals surface area (Å²) in [6.45, 7) is 1.76. The van der Waals surface area contributed by atoms with Gasteiger partial charge < -0.3 is 5.73 Å². The van der Waals surface area contributed by atoms with E-state index in [1.54, 1.807) is 25.3 Å². The molecule has 2 aromatic heterocycles. The molecule has 0 bridgehead atoms. The molecule has 1 unspecified atom stereocenters. The summed E-state index contributed by atoms with van der Waals surface area (Å²) in [5.41, 5.74) is 7.34. The smallest absolute Gasteiger partial charge is 0.320 e. The number of halogens is 3. The molecular weight excluding hydrogens is 263 g/mol. The van der Waals surface area contributed by atoms with E-state index >= 15 is 0 Å². The number of hydrogen-bond donors (Lipinski definition) is 1. The van der Waals surface area contributed by atoms with Gasteiger partial charge in [-0.25, -0.2) is 4.98 Å². The molecule has 18 heavy (non-hydrogen) atoms. The van der Waals surface area contributed by atoms with Crippen molar-refractivity contribution in [2.75, 3.05) is 0 Å². The molecule has 0 fully saturated rings. The average Bonchev–Trinajstić information content (AvgIpc) is 2.77. The van der Waals surface area contributed by atoms with Crippen LogP contribution in [0.25, 0.3) is 0 Å². The Morgan fingerprint density at radius 3 is 2.61 bits per heavy atom. The fourth-order valence-corrected chi connectivity index (χ4v) is 2.34. The molecule has 0 aliphatic heterocycles. The van der Waals surface area contributed by atoms with E-state index in [9.17, 15) is 13.2 Å². The summed E-state index contributed by atoms with van der Waals surface area (Å²) < 4.78 is 37.3. The minimum absolute atomic E-state index is 0.374. The Balaban J connectivity index is 2.33. The van der Waals surface area contributed by atoms with Crippen LogP contribution < -0.4 is 5.73 Å². The molecule has 2 heterocycles. The number of thiazole rings is 1. The van der Waals surface area contributed by atoms with Crippen molar-refractivity contribution in [1.82, 2.24) is 9.97 Å². The van der Waals surface area contributed by atoms with Crippen molar-refractivity contribution in [2.24, 2.45) is 5.73 Å². The van der Waals surface area contributed by atoms with Gasteiger partial charge in [0.15, 0.2) is 5.01 Å². The third-order valence-corrected chi connectivity index (χ3v) is 3.58. The van der Waals surface area contributed by atoms with Crippen LogP contribution in [0.3, 0.4) is 0 Å². The highest BCUT2D eigenvalue weighted by Gasteiger charge is 2.35. The molecular formula is C11H10F3N3S. The average molecular weight is 273 g/mol. The first-order valence-electron chi connectivity index (χ1n) is 5.09. The quantitative estimate of drug-likeness (QED) is 0.915. The van der Waals surface area contributed by atoms with E-state index in [0.717, 1.165) is 0 Å². The molecule has 0 aliphatic carbocycles. The number of aromatic nitrogens is 2. The fourth-order valence-electron chi connectivity index (χ4n) is 1.54. The SMILES string of the molecule is Cc1ncccc1C(N)c1cnc(C(F)(F)F)s1. The van der Waals surface area contributed by atoms with Gasteiger partial charge in [-0.3, -0.25) is 4.98 Å². The van der Waals surface area contributed by atoms with Crippen LogP contribution in [0.2, 0.25) is 0 Å². The van der Waals surface area contributed by atoms with E-state index in [1.165, 1.54) is 6.20 Å². The fraction of sp³-hybridized carbons (Fsp3) is 0.273. The lowest BCUT2D eigenvalue weighted by atomic mass is 10.1. The van der Waals surface area contributed by atoms with Crippen LogP contribution in [-0.4, -0.2) is 9.97 Å². The first-order valence-corrected chi connectivity index (χ1v) is 5.91. The van der Waals surface area contributed by atoms with Gasteiger partial charge in [-0.15, -0.1) is 11.3 Å². The highest BCUT2D eigenvalue weighted by atomic mass is 32.1. The molecule has 0 spiro atoms. The van der Waals surface area contributed by atoms with Gasteiger partial charge in [-0.2, -0.15) is 13.2 Å². The van der Waals surface area contributed by atoms with Gasteiger partial charge in [-0.05, 0) is 18.6 Å². The van der Waals surface area contributed by atoms with Crippen molar-refractivity contribution in [1.29, 1.82) is 0 Å². The van der Waals surface area contributed by atoms with E-state index < -0.39 is 17.2 Å². The van der Waals surface area contributed by atoms with Crippen LogP contribution in [0.15, 0.2) is 24.5 Å². The summed E-state index contributed by atoms with van der Waals surface area (Å²) in [5, 5.41) is -0.880. The highest BCUT2D eigenvalue weighted by molar-refractivity contribution is 7.11. The molecule has 0 aromatic carbocycles. The van der Waals surface area contributed by atoms with Crippen LogP contribution in [-0.2, 0) is 6.18 Å². The Kier molecular flexibility index (Phi) is 3.36. The second-order valence-corrected chi connectivity index (χ2v) is 4.78. The molecule has 2 aromatic rings. The first kappa shape index (κ1) is 13.0. The number of aryl methyl sites for hydroxylation is 1. The second kappa shape index (κ2) is 4.66.